The first-order valence-corrected chi connectivity index (χ1v) is 13.0. The van der Waals surface area contributed by atoms with Gasteiger partial charge in [0.15, 0.2) is 9.84 Å². The zero-order valence-electron chi connectivity index (χ0n) is 17.9. The molecule has 0 N–H and O–H groups in total. The van der Waals surface area contributed by atoms with E-state index in [0.717, 1.165) is 29.8 Å². The van der Waals surface area contributed by atoms with Crippen LogP contribution in [0.2, 0.25) is 0 Å². The highest BCUT2D eigenvalue weighted by molar-refractivity contribution is 7.90. The van der Waals surface area contributed by atoms with Gasteiger partial charge in [-0.3, -0.25) is 4.79 Å². The van der Waals surface area contributed by atoms with Crippen LogP contribution in [0.1, 0.15) is 30.7 Å². The smallest absolute Gasteiger partial charge is 0.222 e. The maximum atomic E-state index is 12.3. The van der Waals surface area contributed by atoms with Crippen LogP contribution in [0.3, 0.4) is 0 Å². The molecule has 0 radical (unpaired) electrons. The molecule has 1 aromatic heterocycles. The van der Waals surface area contributed by atoms with Gasteiger partial charge in [-0.25, -0.2) is 13.4 Å². The third kappa shape index (κ3) is 7.04. The van der Waals surface area contributed by atoms with Crippen molar-refractivity contribution in [2.75, 3.05) is 26.5 Å². The predicted molar refractivity (Wildman–Crippen MR) is 124 cm³/mol. The highest BCUT2D eigenvalue weighted by atomic mass is 32.2. The normalized spacial score (nSPS) is 11.5. The Bertz CT molecular complexity index is 1090. The average molecular weight is 461 g/mol. The number of carbonyl (C=O) groups excluding carboxylic acids is 1. The first kappa shape index (κ1) is 23.2. The minimum atomic E-state index is -3.25. The van der Waals surface area contributed by atoms with E-state index in [0.29, 0.717) is 31.7 Å². The SMILES string of the molecule is CN(CCCOc1cccc(S(C)(=O)=O)c1)C(=O)CCCCc1nc2ccccc2s1. The molecule has 0 aliphatic rings. The predicted octanol–water partition coefficient (Wildman–Crippen LogP) is 4.34. The third-order valence-electron chi connectivity index (χ3n) is 4.94. The molecule has 1 amide bonds. The number of benzene rings is 2. The number of thiazole rings is 1. The summed E-state index contributed by atoms with van der Waals surface area (Å²) >= 11 is 1.72. The van der Waals surface area contributed by atoms with Gasteiger partial charge in [0.25, 0.3) is 0 Å². The number of hydrogen-bond donors (Lipinski definition) is 0. The number of sulfone groups is 1. The first-order chi connectivity index (χ1) is 14.8. The Balaban J connectivity index is 1.32. The van der Waals surface area contributed by atoms with E-state index in [2.05, 4.69) is 11.1 Å². The summed E-state index contributed by atoms with van der Waals surface area (Å²) in [5.41, 5.74) is 1.04. The number of carbonyl (C=O) groups is 1. The Kier molecular flexibility index (Phi) is 8.03. The largest absolute Gasteiger partial charge is 0.493 e. The maximum Gasteiger partial charge on any atom is 0.222 e. The molecule has 0 atom stereocenters. The number of fused-ring (bicyclic) bond motifs is 1. The van der Waals surface area contributed by atoms with E-state index in [-0.39, 0.29) is 10.8 Å². The minimum absolute atomic E-state index is 0.128. The fourth-order valence-corrected chi connectivity index (χ4v) is 4.85. The molecule has 8 heteroatoms. The van der Waals surface area contributed by atoms with Crippen molar-refractivity contribution >= 4 is 37.3 Å². The topological polar surface area (TPSA) is 76.6 Å². The van der Waals surface area contributed by atoms with Crippen molar-refractivity contribution in [1.82, 2.24) is 9.88 Å². The molecule has 0 bridgehead atoms. The van der Waals surface area contributed by atoms with Crippen molar-refractivity contribution in [3.05, 3.63) is 53.5 Å². The van der Waals surface area contributed by atoms with Gasteiger partial charge < -0.3 is 9.64 Å². The number of para-hydroxylation sites is 1. The Morgan fingerprint density at radius 3 is 2.68 bits per heavy atom. The number of amides is 1. The van der Waals surface area contributed by atoms with Crippen LogP contribution in [0.5, 0.6) is 5.75 Å². The molecule has 31 heavy (non-hydrogen) atoms. The zero-order valence-corrected chi connectivity index (χ0v) is 19.5. The van der Waals surface area contributed by atoms with E-state index in [1.807, 2.05) is 18.2 Å². The molecule has 0 unspecified atom stereocenters. The lowest BCUT2D eigenvalue weighted by Gasteiger charge is -2.17. The third-order valence-corrected chi connectivity index (χ3v) is 7.14. The number of ether oxygens (including phenoxy) is 1. The van der Waals surface area contributed by atoms with Gasteiger partial charge in [-0.15, -0.1) is 11.3 Å². The van der Waals surface area contributed by atoms with Gasteiger partial charge in [0.1, 0.15) is 5.75 Å². The van der Waals surface area contributed by atoms with Crippen LogP contribution in [0.4, 0.5) is 0 Å². The molecule has 166 valence electrons. The van der Waals surface area contributed by atoms with Gasteiger partial charge in [0.2, 0.25) is 5.91 Å². The monoisotopic (exact) mass is 460 g/mol. The molecule has 0 spiro atoms. The average Bonchev–Trinajstić information content (AvgIpc) is 3.16. The van der Waals surface area contributed by atoms with Crippen LogP contribution in [0.15, 0.2) is 53.4 Å². The quantitative estimate of drug-likeness (QED) is 0.398. The Labute approximate surface area is 187 Å². The van der Waals surface area contributed by atoms with Gasteiger partial charge in [0, 0.05) is 26.3 Å². The summed E-state index contributed by atoms with van der Waals surface area (Å²) in [5.74, 6) is 0.648. The van der Waals surface area contributed by atoms with Crippen molar-refractivity contribution in [2.24, 2.45) is 0 Å². The molecule has 0 aliphatic heterocycles. The zero-order chi connectivity index (χ0) is 22.3. The summed E-state index contributed by atoms with van der Waals surface area (Å²) in [5, 5.41) is 1.12. The second-order valence-electron chi connectivity index (χ2n) is 7.55. The van der Waals surface area contributed by atoms with Crippen molar-refractivity contribution in [3.63, 3.8) is 0 Å². The number of nitrogens with zero attached hydrogens (tertiary/aromatic N) is 2. The molecule has 0 fully saturated rings. The summed E-state index contributed by atoms with van der Waals surface area (Å²) in [6.45, 7) is 1.02. The minimum Gasteiger partial charge on any atom is -0.493 e. The van der Waals surface area contributed by atoms with E-state index >= 15 is 0 Å². The van der Waals surface area contributed by atoms with Crippen LogP contribution in [0.25, 0.3) is 10.2 Å². The second kappa shape index (κ2) is 10.7. The molecule has 3 rings (SSSR count). The van der Waals surface area contributed by atoms with Crippen LogP contribution >= 0.6 is 11.3 Å². The lowest BCUT2D eigenvalue weighted by Crippen LogP contribution is -2.28. The fraction of sp³-hybridized carbons (Fsp3) is 0.391. The molecule has 0 saturated carbocycles. The summed E-state index contributed by atoms with van der Waals surface area (Å²) < 4.78 is 30.1. The van der Waals surface area contributed by atoms with Crippen LogP contribution in [0, 0.1) is 0 Å². The number of aryl methyl sites for hydroxylation is 1. The molecule has 0 aliphatic carbocycles. The number of hydrogen-bond acceptors (Lipinski definition) is 6. The molecule has 1 heterocycles. The number of rotatable bonds is 11. The van der Waals surface area contributed by atoms with E-state index in [1.54, 1.807) is 41.5 Å². The number of aromatic nitrogens is 1. The lowest BCUT2D eigenvalue weighted by atomic mass is 10.2. The maximum absolute atomic E-state index is 12.3. The molecular weight excluding hydrogens is 432 g/mol. The fourth-order valence-electron chi connectivity index (χ4n) is 3.18. The summed E-state index contributed by atoms with van der Waals surface area (Å²) in [7, 11) is -1.45. The van der Waals surface area contributed by atoms with Gasteiger partial charge in [-0.2, -0.15) is 0 Å². The van der Waals surface area contributed by atoms with Crippen molar-refractivity contribution in [2.45, 2.75) is 37.0 Å². The Morgan fingerprint density at radius 1 is 1.10 bits per heavy atom. The van der Waals surface area contributed by atoms with Gasteiger partial charge in [-0.1, -0.05) is 18.2 Å². The first-order valence-electron chi connectivity index (χ1n) is 10.3. The highest BCUT2D eigenvalue weighted by Crippen LogP contribution is 2.23. The van der Waals surface area contributed by atoms with Gasteiger partial charge in [-0.05, 0) is 56.0 Å². The van der Waals surface area contributed by atoms with E-state index in [9.17, 15) is 13.2 Å². The van der Waals surface area contributed by atoms with Crippen LogP contribution in [-0.2, 0) is 21.1 Å². The summed E-state index contributed by atoms with van der Waals surface area (Å²) in [4.78, 5) is 18.9. The van der Waals surface area contributed by atoms with E-state index in [4.69, 9.17) is 4.74 Å². The highest BCUT2D eigenvalue weighted by Gasteiger charge is 2.10. The molecule has 0 saturated heterocycles. The second-order valence-corrected chi connectivity index (χ2v) is 10.7. The Hall–Kier alpha value is -2.45. The lowest BCUT2D eigenvalue weighted by molar-refractivity contribution is -0.130. The van der Waals surface area contributed by atoms with Crippen LogP contribution < -0.4 is 4.74 Å². The Morgan fingerprint density at radius 2 is 1.90 bits per heavy atom. The van der Waals surface area contributed by atoms with Gasteiger partial charge >= 0.3 is 0 Å². The number of unbranched alkanes of at least 4 members (excludes halogenated alkanes) is 1. The van der Waals surface area contributed by atoms with Crippen LogP contribution in [-0.4, -0.2) is 50.7 Å². The molecule has 6 nitrogen and oxygen atoms in total. The van der Waals surface area contributed by atoms with E-state index < -0.39 is 9.84 Å². The summed E-state index contributed by atoms with van der Waals surface area (Å²) in [6.07, 6.45) is 5.06. The van der Waals surface area contributed by atoms with Crippen molar-refractivity contribution < 1.29 is 17.9 Å². The molecule has 3 aromatic rings. The van der Waals surface area contributed by atoms with Crippen molar-refractivity contribution in [1.29, 1.82) is 0 Å². The molecular formula is C23H28N2O4S2. The summed E-state index contributed by atoms with van der Waals surface area (Å²) in [6, 6.07) is 14.6. The van der Waals surface area contributed by atoms with E-state index in [1.165, 1.54) is 17.0 Å². The van der Waals surface area contributed by atoms with Crippen molar-refractivity contribution in [3.8, 4) is 5.75 Å². The molecule has 2 aromatic carbocycles. The standard InChI is InChI=1S/C23H28N2O4S2/c1-25(15-8-16-29-18-9-7-10-19(17-18)31(2,27)28)23(26)14-6-5-13-22-24-20-11-3-4-12-21(20)30-22/h3-4,7,9-12,17H,5-6,8,13-16H2,1-2H3. The van der Waals surface area contributed by atoms with Gasteiger partial charge in [0.05, 0.1) is 26.7 Å².